The van der Waals surface area contributed by atoms with Crippen molar-refractivity contribution in [3.05, 3.63) is 70.9 Å². The third-order valence-corrected chi connectivity index (χ3v) is 10.9. The highest BCUT2D eigenvalue weighted by Crippen LogP contribution is 2.39. The SMILES string of the molecule is CS(=O)(=O)N1CCc2c(c(-c3ccc(C(F)(F)F)c(CNC(=O)Oc4ccccc4)c3)nn2CCCN2CCC3(CCNC3=O)CC2)C1. The second-order valence-electron chi connectivity index (χ2n) is 12.8. The minimum Gasteiger partial charge on any atom is -0.410 e. The van der Waals surface area contributed by atoms with Gasteiger partial charge >= 0.3 is 12.3 Å². The molecule has 2 saturated heterocycles. The average molecular weight is 689 g/mol. The van der Waals surface area contributed by atoms with Crippen molar-refractivity contribution in [2.75, 3.05) is 39.0 Å². The molecule has 0 radical (unpaired) electrons. The molecule has 258 valence electrons. The van der Waals surface area contributed by atoms with E-state index in [1.54, 1.807) is 30.3 Å². The topological polar surface area (TPSA) is 126 Å². The fourth-order valence-corrected chi connectivity index (χ4v) is 7.76. The summed E-state index contributed by atoms with van der Waals surface area (Å²) in [6.45, 7) is 3.62. The van der Waals surface area contributed by atoms with Gasteiger partial charge in [0.1, 0.15) is 5.75 Å². The molecule has 2 amide bonds. The van der Waals surface area contributed by atoms with Crippen LogP contribution in [0.15, 0.2) is 48.5 Å². The lowest BCUT2D eigenvalue weighted by molar-refractivity contribution is -0.138. The van der Waals surface area contributed by atoms with Gasteiger partial charge in [-0.2, -0.15) is 22.6 Å². The monoisotopic (exact) mass is 688 g/mol. The zero-order chi connectivity index (χ0) is 34.1. The molecule has 3 aliphatic heterocycles. The molecule has 3 aromatic rings. The van der Waals surface area contributed by atoms with Crippen LogP contribution >= 0.6 is 0 Å². The van der Waals surface area contributed by atoms with Crippen molar-refractivity contribution in [1.29, 1.82) is 0 Å². The van der Waals surface area contributed by atoms with Crippen LogP contribution in [0.5, 0.6) is 5.75 Å². The average Bonchev–Trinajstić information content (AvgIpc) is 3.59. The number of sulfonamides is 1. The first-order valence-corrected chi connectivity index (χ1v) is 17.9. The molecule has 0 bridgehead atoms. The lowest BCUT2D eigenvalue weighted by atomic mass is 9.77. The molecule has 0 saturated carbocycles. The van der Waals surface area contributed by atoms with Crippen molar-refractivity contribution in [3.8, 4) is 17.0 Å². The molecule has 48 heavy (non-hydrogen) atoms. The van der Waals surface area contributed by atoms with Gasteiger partial charge in [0, 0.05) is 56.0 Å². The third-order valence-electron chi connectivity index (χ3n) is 9.66. The Morgan fingerprint density at radius 1 is 1.06 bits per heavy atom. The molecule has 11 nitrogen and oxygen atoms in total. The standard InChI is InChI=1S/C33H39F3N6O5S/c1-48(45,46)41-17-10-28-26(22-41)29(39-42(28)16-5-15-40-18-12-32(13-19-40)11-14-37-30(32)43)23-8-9-27(33(34,35)36)24(20-23)21-38-31(44)47-25-6-3-2-4-7-25/h2-4,6-9,20H,5,10-19,21-22H2,1H3,(H,37,43)(H,38,44). The molecule has 6 rings (SSSR count). The van der Waals surface area contributed by atoms with Crippen LogP contribution in [-0.4, -0.2) is 78.4 Å². The van der Waals surface area contributed by atoms with Gasteiger partial charge in [-0.1, -0.05) is 24.3 Å². The fraction of sp³-hybridized carbons (Fsp3) is 0.485. The second-order valence-corrected chi connectivity index (χ2v) is 14.7. The Morgan fingerprint density at radius 3 is 2.48 bits per heavy atom. The number of nitrogens with one attached hydrogen (secondary N) is 2. The van der Waals surface area contributed by atoms with E-state index in [1.807, 2.05) is 4.68 Å². The number of hydrogen-bond acceptors (Lipinski definition) is 7. The smallest absolute Gasteiger partial charge is 0.410 e. The lowest BCUT2D eigenvalue weighted by Crippen LogP contribution is -2.44. The molecular formula is C33H39F3N6O5S. The summed E-state index contributed by atoms with van der Waals surface area (Å²) in [5, 5.41) is 10.2. The number of aromatic nitrogens is 2. The van der Waals surface area contributed by atoms with Crippen molar-refractivity contribution in [3.63, 3.8) is 0 Å². The number of amides is 2. The first kappa shape index (κ1) is 33.9. The van der Waals surface area contributed by atoms with Gasteiger partial charge in [0.25, 0.3) is 0 Å². The molecule has 15 heteroatoms. The highest BCUT2D eigenvalue weighted by molar-refractivity contribution is 7.88. The predicted octanol–water partition coefficient (Wildman–Crippen LogP) is 4.17. The van der Waals surface area contributed by atoms with E-state index in [1.165, 1.54) is 16.4 Å². The van der Waals surface area contributed by atoms with Gasteiger partial charge in [0.2, 0.25) is 15.9 Å². The second kappa shape index (κ2) is 13.5. The Bertz CT molecular complexity index is 1770. The molecule has 0 atom stereocenters. The largest absolute Gasteiger partial charge is 0.416 e. The zero-order valence-corrected chi connectivity index (χ0v) is 27.5. The molecule has 2 fully saturated rings. The summed E-state index contributed by atoms with van der Waals surface area (Å²) in [5.41, 5.74) is 0.983. The van der Waals surface area contributed by atoms with Crippen LogP contribution in [0.2, 0.25) is 0 Å². The molecule has 3 aliphatic rings. The Labute approximate surface area is 277 Å². The van der Waals surface area contributed by atoms with E-state index in [0.29, 0.717) is 29.8 Å². The normalized spacial score (nSPS) is 18.5. The number of nitrogens with zero attached hydrogens (tertiary/aromatic N) is 4. The highest BCUT2D eigenvalue weighted by Gasteiger charge is 2.44. The van der Waals surface area contributed by atoms with E-state index < -0.39 is 34.4 Å². The number of benzene rings is 2. The van der Waals surface area contributed by atoms with Crippen molar-refractivity contribution in [2.24, 2.45) is 5.41 Å². The molecule has 4 heterocycles. The van der Waals surface area contributed by atoms with Gasteiger partial charge in [-0.3, -0.25) is 9.48 Å². The van der Waals surface area contributed by atoms with Crippen molar-refractivity contribution in [1.82, 2.24) is 29.6 Å². The Balaban J connectivity index is 1.22. The summed E-state index contributed by atoms with van der Waals surface area (Å²) >= 11 is 0. The minimum atomic E-state index is -4.68. The maximum Gasteiger partial charge on any atom is 0.416 e. The first-order chi connectivity index (χ1) is 22.8. The van der Waals surface area contributed by atoms with Crippen LogP contribution in [0.3, 0.4) is 0 Å². The zero-order valence-electron chi connectivity index (χ0n) is 26.7. The van der Waals surface area contributed by atoms with Crippen LogP contribution in [0.4, 0.5) is 18.0 Å². The van der Waals surface area contributed by atoms with Crippen molar-refractivity contribution >= 4 is 22.0 Å². The van der Waals surface area contributed by atoms with Crippen molar-refractivity contribution in [2.45, 2.75) is 57.9 Å². The number of rotatable bonds is 9. The summed E-state index contributed by atoms with van der Waals surface area (Å²) in [6, 6.07) is 11.8. The molecular weight excluding hydrogens is 649 g/mol. The Kier molecular flexibility index (Phi) is 9.55. The van der Waals surface area contributed by atoms with Crippen LogP contribution in [0, 0.1) is 5.41 Å². The van der Waals surface area contributed by atoms with E-state index >= 15 is 0 Å². The van der Waals surface area contributed by atoms with E-state index in [4.69, 9.17) is 9.84 Å². The van der Waals surface area contributed by atoms with Gasteiger partial charge < -0.3 is 20.3 Å². The number of alkyl halides is 3. The van der Waals surface area contributed by atoms with Crippen LogP contribution in [0.25, 0.3) is 11.3 Å². The van der Waals surface area contributed by atoms with E-state index in [-0.39, 0.29) is 35.7 Å². The van der Waals surface area contributed by atoms with E-state index in [9.17, 15) is 31.2 Å². The molecule has 1 spiro atoms. The van der Waals surface area contributed by atoms with Gasteiger partial charge in [-0.25, -0.2) is 13.2 Å². The number of ether oxygens (including phenoxy) is 1. The first-order valence-electron chi connectivity index (χ1n) is 16.1. The number of piperidine rings is 1. The van der Waals surface area contributed by atoms with E-state index in [2.05, 4.69) is 15.5 Å². The number of para-hydroxylation sites is 1. The Morgan fingerprint density at radius 2 is 1.81 bits per heavy atom. The summed E-state index contributed by atoms with van der Waals surface area (Å²) in [6.07, 6.45) is -0.734. The summed E-state index contributed by atoms with van der Waals surface area (Å²) in [5.74, 6) is 0.410. The number of carbonyl (C=O) groups is 2. The number of aryl methyl sites for hydroxylation is 1. The third kappa shape index (κ3) is 7.37. The van der Waals surface area contributed by atoms with Gasteiger partial charge in [-0.15, -0.1) is 0 Å². The molecule has 1 aromatic heterocycles. The number of fused-ring (bicyclic) bond motifs is 1. The van der Waals surface area contributed by atoms with Crippen LogP contribution < -0.4 is 15.4 Å². The van der Waals surface area contributed by atoms with Crippen LogP contribution in [-0.2, 0) is 47.0 Å². The number of hydrogen-bond donors (Lipinski definition) is 2. The highest BCUT2D eigenvalue weighted by atomic mass is 32.2. The fourth-order valence-electron chi connectivity index (χ4n) is 6.97. The molecule has 0 aliphatic carbocycles. The quantitative estimate of drug-likeness (QED) is 0.346. The summed E-state index contributed by atoms with van der Waals surface area (Å²) < 4.78 is 75.5. The van der Waals surface area contributed by atoms with Gasteiger partial charge in [0.05, 0.1) is 22.9 Å². The molecule has 2 N–H and O–H groups in total. The molecule has 2 aromatic carbocycles. The van der Waals surface area contributed by atoms with Gasteiger partial charge in [-0.05, 0) is 75.1 Å². The summed E-state index contributed by atoms with van der Waals surface area (Å²) in [4.78, 5) is 27.1. The summed E-state index contributed by atoms with van der Waals surface area (Å²) in [7, 11) is -3.53. The number of halogens is 3. The lowest BCUT2D eigenvalue weighted by Gasteiger charge is -2.37. The maximum absolute atomic E-state index is 14.1. The van der Waals surface area contributed by atoms with Crippen LogP contribution in [0.1, 0.15) is 48.1 Å². The maximum atomic E-state index is 14.1. The van der Waals surface area contributed by atoms with Gasteiger partial charge in [0.15, 0.2) is 0 Å². The minimum absolute atomic E-state index is 0.0534. The molecule has 0 unspecified atom stereocenters. The van der Waals surface area contributed by atoms with Crippen molar-refractivity contribution < 1.29 is 35.9 Å². The predicted molar refractivity (Wildman–Crippen MR) is 171 cm³/mol. The van der Waals surface area contributed by atoms with E-state index in [0.717, 1.165) is 69.9 Å². The number of carbonyl (C=O) groups excluding carboxylic acids is 2. The number of likely N-dealkylation sites (tertiary alicyclic amines) is 1. The Hall–Kier alpha value is -3.95.